The number of hydrogen-bond acceptors (Lipinski definition) is 6. The molecule has 9 nitrogen and oxygen atoms in total. The number of H-pyrrole nitrogens is 1. The van der Waals surface area contributed by atoms with Gasteiger partial charge in [-0.15, -0.1) is 13.2 Å². The van der Waals surface area contributed by atoms with Crippen LogP contribution in [0.5, 0.6) is 5.75 Å². The summed E-state index contributed by atoms with van der Waals surface area (Å²) in [6, 6.07) is 6.91. The summed E-state index contributed by atoms with van der Waals surface area (Å²) in [6.45, 7) is 0.0282. The van der Waals surface area contributed by atoms with Gasteiger partial charge in [-0.1, -0.05) is 12.1 Å². The zero-order chi connectivity index (χ0) is 21.7. The number of nitrogens with one attached hydrogen (secondary N) is 2. The Morgan fingerprint density at radius 2 is 2.03 bits per heavy atom. The molecule has 3 aromatic rings. The van der Waals surface area contributed by atoms with E-state index in [1.54, 1.807) is 6.07 Å². The molecule has 0 saturated heterocycles. The van der Waals surface area contributed by atoms with Gasteiger partial charge < -0.3 is 14.8 Å². The molecule has 0 radical (unpaired) electrons. The van der Waals surface area contributed by atoms with Gasteiger partial charge in [0.15, 0.2) is 0 Å². The third-order valence-corrected chi connectivity index (χ3v) is 3.84. The third kappa shape index (κ3) is 5.44. The van der Waals surface area contributed by atoms with Gasteiger partial charge in [-0.25, -0.2) is 9.67 Å². The van der Waals surface area contributed by atoms with Crippen molar-refractivity contribution in [1.82, 2.24) is 25.1 Å². The van der Waals surface area contributed by atoms with E-state index in [1.165, 1.54) is 36.3 Å². The number of rotatable bonds is 7. The average molecular weight is 423 g/mol. The molecule has 3 rings (SSSR count). The van der Waals surface area contributed by atoms with Crippen LogP contribution in [0, 0.1) is 0 Å². The molecule has 0 saturated carbocycles. The number of hydrogen-bond donors (Lipinski definition) is 2. The smallest absolute Gasteiger partial charge is 0.406 e. The minimum Gasteiger partial charge on any atom is -0.406 e. The lowest BCUT2D eigenvalue weighted by Crippen LogP contribution is -2.33. The Kier molecular flexibility index (Phi) is 6.16. The predicted octanol–water partition coefficient (Wildman–Crippen LogP) is 1.97. The Hall–Kier alpha value is -3.67. The standard InChI is InChI=1S/C18H16F3N5O4/c1-29-10-14(11-3-5-12(6-4-11)30-18(19,20)21)23-16(28)13-9-15(27)25-17(24-13)26-8-2-7-22-26/h2-9,14H,10H2,1H3,(H,23,28)(H,24,25,27). The molecule has 0 aliphatic heterocycles. The van der Waals surface area contributed by atoms with Gasteiger partial charge in [-0.2, -0.15) is 5.10 Å². The van der Waals surface area contributed by atoms with Crippen molar-refractivity contribution in [2.75, 3.05) is 13.7 Å². The fourth-order valence-electron chi connectivity index (χ4n) is 2.59. The van der Waals surface area contributed by atoms with Crippen LogP contribution in [0.3, 0.4) is 0 Å². The number of amides is 1. The fourth-order valence-corrected chi connectivity index (χ4v) is 2.59. The molecule has 158 valence electrons. The van der Waals surface area contributed by atoms with Crippen molar-refractivity contribution in [3.05, 3.63) is 70.4 Å². The summed E-state index contributed by atoms with van der Waals surface area (Å²) in [5, 5.41) is 6.59. The normalized spacial score (nSPS) is 12.4. The molecule has 2 heterocycles. The van der Waals surface area contributed by atoms with Crippen molar-refractivity contribution >= 4 is 5.91 Å². The van der Waals surface area contributed by atoms with Crippen molar-refractivity contribution in [3.8, 4) is 11.7 Å². The highest BCUT2D eigenvalue weighted by molar-refractivity contribution is 5.92. The number of methoxy groups -OCH3 is 1. The molecule has 2 N–H and O–H groups in total. The number of carbonyl (C=O) groups is 1. The molecule has 0 spiro atoms. The highest BCUT2D eigenvalue weighted by atomic mass is 19.4. The molecule has 1 atom stereocenters. The van der Waals surface area contributed by atoms with Crippen LogP contribution in [-0.4, -0.2) is 45.7 Å². The lowest BCUT2D eigenvalue weighted by atomic mass is 10.1. The average Bonchev–Trinajstić information content (AvgIpc) is 3.21. The molecule has 12 heteroatoms. The van der Waals surface area contributed by atoms with Crippen LogP contribution in [0.1, 0.15) is 22.1 Å². The number of aromatic amines is 1. The molecule has 0 bridgehead atoms. The number of carbonyl (C=O) groups excluding carboxylic acids is 1. The zero-order valence-electron chi connectivity index (χ0n) is 15.5. The molecule has 2 aromatic heterocycles. The van der Waals surface area contributed by atoms with Crippen LogP contribution in [0.4, 0.5) is 13.2 Å². The number of benzene rings is 1. The van der Waals surface area contributed by atoms with Gasteiger partial charge in [0.2, 0.25) is 5.95 Å². The van der Waals surface area contributed by atoms with Crippen LogP contribution < -0.4 is 15.6 Å². The number of ether oxygens (including phenoxy) is 2. The lowest BCUT2D eigenvalue weighted by molar-refractivity contribution is -0.274. The molecule has 30 heavy (non-hydrogen) atoms. The summed E-state index contributed by atoms with van der Waals surface area (Å²) < 4.78 is 47.1. The summed E-state index contributed by atoms with van der Waals surface area (Å²) in [4.78, 5) is 31.1. The summed E-state index contributed by atoms with van der Waals surface area (Å²) in [5.41, 5.74) is -0.253. The first-order valence-electron chi connectivity index (χ1n) is 8.52. The van der Waals surface area contributed by atoms with E-state index in [9.17, 15) is 22.8 Å². The Labute approximate surface area is 167 Å². The highest BCUT2D eigenvalue weighted by Gasteiger charge is 2.31. The van der Waals surface area contributed by atoms with Crippen molar-refractivity contribution in [2.24, 2.45) is 0 Å². The molecule has 1 amide bonds. The van der Waals surface area contributed by atoms with E-state index in [2.05, 4.69) is 25.1 Å². The van der Waals surface area contributed by atoms with E-state index in [0.717, 1.165) is 18.2 Å². The number of alkyl halides is 3. The quantitative estimate of drug-likeness (QED) is 0.601. The largest absolute Gasteiger partial charge is 0.573 e. The Morgan fingerprint density at radius 3 is 2.63 bits per heavy atom. The van der Waals surface area contributed by atoms with Gasteiger partial charge in [-0.05, 0) is 23.8 Å². The van der Waals surface area contributed by atoms with Crippen molar-refractivity contribution in [2.45, 2.75) is 12.4 Å². The Bertz CT molecular complexity index is 1050. The van der Waals surface area contributed by atoms with E-state index in [0.29, 0.717) is 5.56 Å². The maximum Gasteiger partial charge on any atom is 0.573 e. The van der Waals surface area contributed by atoms with Gasteiger partial charge in [0, 0.05) is 25.6 Å². The Morgan fingerprint density at radius 1 is 1.30 bits per heavy atom. The third-order valence-electron chi connectivity index (χ3n) is 3.84. The SMILES string of the molecule is COCC(NC(=O)c1cc(=O)[nH]c(-n2cccn2)n1)c1ccc(OC(F)(F)F)cc1. The maximum absolute atomic E-state index is 12.6. The second-order valence-corrected chi connectivity index (χ2v) is 6.00. The molecular formula is C18H16F3N5O4. The fraction of sp³-hybridized carbons (Fsp3) is 0.222. The van der Waals surface area contributed by atoms with Crippen LogP contribution in [0.2, 0.25) is 0 Å². The predicted molar refractivity (Wildman–Crippen MR) is 97.2 cm³/mol. The number of halogens is 3. The minimum atomic E-state index is -4.81. The highest BCUT2D eigenvalue weighted by Crippen LogP contribution is 2.24. The van der Waals surface area contributed by atoms with Crippen molar-refractivity contribution in [1.29, 1.82) is 0 Å². The molecule has 0 aliphatic carbocycles. The topological polar surface area (TPSA) is 111 Å². The molecule has 0 fully saturated rings. The van der Waals surface area contributed by atoms with Gasteiger partial charge in [0.05, 0.1) is 12.6 Å². The second-order valence-electron chi connectivity index (χ2n) is 6.00. The maximum atomic E-state index is 12.6. The summed E-state index contributed by atoms with van der Waals surface area (Å²) >= 11 is 0. The van der Waals surface area contributed by atoms with Crippen LogP contribution in [0.15, 0.2) is 53.6 Å². The van der Waals surface area contributed by atoms with Gasteiger partial charge in [0.25, 0.3) is 11.5 Å². The van der Waals surface area contributed by atoms with Crippen molar-refractivity contribution in [3.63, 3.8) is 0 Å². The summed E-state index contributed by atoms with van der Waals surface area (Å²) in [7, 11) is 1.40. The summed E-state index contributed by atoms with van der Waals surface area (Å²) in [6.07, 6.45) is -1.79. The molecule has 1 aromatic carbocycles. The first-order valence-corrected chi connectivity index (χ1v) is 8.52. The molecular weight excluding hydrogens is 407 g/mol. The zero-order valence-corrected chi connectivity index (χ0v) is 15.5. The monoisotopic (exact) mass is 423 g/mol. The van der Waals surface area contributed by atoms with E-state index in [-0.39, 0.29) is 18.2 Å². The van der Waals surface area contributed by atoms with Crippen LogP contribution >= 0.6 is 0 Å². The summed E-state index contributed by atoms with van der Waals surface area (Å²) in [5.74, 6) is -1.02. The van der Waals surface area contributed by atoms with E-state index < -0.39 is 29.6 Å². The molecule has 1 unspecified atom stereocenters. The van der Waals surface area contributed by atoms with Crippen molar-refractivity contribution < 1.29 is 27.4 Å². The lowest BCUT2D eigenvalue weighted by Gasteiger charge is -2.19. The van der Waals surface area contributed by atoms with Gasteiger partial charge in [-0.3, -0.25) is 14.6 Å². The van der Waals surface area contributed by atoms with Crippen LogP contribution in [-0.2, 0) is 4.74 Å². The van der Waals surface area contributed by atoms with Crippen LogP contribution in [0.25, 0.3) is 5.95 Å². The van der Waals surface area contributed by atoms with Gasteiger partial charge >= 0.3 is 6.36 Å². The minimum absolute atomic E-state index is 0.0282. The van der Waals surface area contributed by atoms with E-state index >= 15 is 0 Å². The number of nitrogens with zero attached hydrogens (tertiary/aromatic N) is 3. The van der Waals surface area contributed by atoms with E-state index in [1.807, 2.05) is 0 Å². The second kappa shape index (κ2) is 8.78. The van der Waals surface area contributed by atoms with Gasteiger partial charge in [0.1, 0.15) is 11.4 Å². The first kappa shape index (κ1) is 21.0. The Balaban J connectivity index is 1.80. The number of aromatic nitrogens is 4. The molecule has 0 aliphatic rings. The first-order chi connectivity index (χ1) is 14.2. The van der Waals surface area contributed by atoms with E-state index in [4.69, 9.17) is 4.74 Å².